The zero-order valence-corrected chi connectivity index (χ0v) is 17.6. The van der Waals surface area contributed by atoms with Crippen LogP contribution >= 0.6 is 0 Å². The summed E-state index contributed by atoms with van der Waals surface area (Å²) in [6.45, 7) is 5.13. The summed E-state index contributed by atoms with van der Waals surface area (Å²) < 4.78 is 27.7. The van der Waals surface area contributed by atoms with Gasteiger partial charge in [0, 0.05) is 41.7 Å². The lowest BCUT2D eigenvalue weighted by Crippen LogP contribution is -2.37. The lowest BCUT2D eigenvalue weighted by molar-refractivity contribution is 0.129. The van der Waals surface area contributed by atoms with E-state index in [2.05, 4.69) is 15.0 Å². The Kier molecular flexibility index (Phi) is 5.04. The predicted molar refractivity (Wildman–Crippen MR) is 114 cm³/mol. The molecule has 0 bridgehead atoms. The number of hydrogen-bond donors (Lipinski definition) is 1. The van der Waals surface area contributed by atoms with Crippen LogP contribution < -0.4 is 5.56 Å². The molecule has 7 nitrogen and oxygen atoms in total. The average Bonchev–Trinajstić information content (AvgIpc) is 3.22. The highest BCUT2D eigenvalue weighted by atomic mass is 19.1. The van der Waals surface area contributed by atoms with Crippen LogP contribution in [0.15, 0.2) is 27.5 Å². The first-order chi connectivity index (χ1) is 15.5. The van der Waals surface area contributed by atoms with Gasteiger partial charge in [0.1, 0.15) is 17.7 Å². The van der Waals surface area contributed by atoms with Crippen LogP contribution in [0.2, 0.25) is 0 Å². The molecule has 1 unspecified atom stereocenters. The molecule has 1 aromatic carbocycles. The van der Waals surface area contributed by atoms with Crippen molar-refractivity contribution in [1.82, 2.24) is 19.6 Å². The van der Waals surface area contributed by atoms with E-state index in [1.165, 1.54) is 12.1 Å². The smallest absolute Gasteiger partial charge is 0.257 e. The van der Waals surface area contributed by atoms with Gasteiger partial charge in [0.05, 0.1) is 5.69 Å². The van der Waals surface area contributed by atoms with Crippen molar-refractivity contribution in [2.24, 2.45) is 0 Å². The van der Waals surface area contributed by atoms with Crippen molar-refractivity contribution in [1.29, 1.82) is 1.43 Å². The first kappa shape index (κ1) is 19.1. The van der Waals surface area contributed by atoms with Gasteiger partial charge in [-0.1, -0.05) is 5.16 Å². The summed E-state index contributed by atoms with van der Waals surface area (Å²) in [6, 6.07) is 4.58. The molecular formula is C23H27FN4O3. The summed E-state index contributed by atoms with van der Waals surface area (Å²) in [5, 5.41) is 9.90. The van der Waals surface area contributed by atoms with E-state index in [1.807, 2.05) is 6.92 Å². The number of piperidine rings is 1. The molecule has 0 amide bonds. The number of likely N-dealkylation sites (tertiary alicyclic amines) is 1. The summed E-state index contributed by atoms with van der Waals surface area (Å²) in [5.41, 5.74) is 2.91. The first-order valence-electron chi connectivity index (χ1n) is 11.5. The van der Waals surface area contributed by atoms with Crippen molar-refractivity contribution in [2.45, 2.75) is 57.6 Å². The second kappa shape index (κ2) is 8.16. The molecule has 2 aromatic heterocycles. The van der Waals surface area contributed by atoms with Crippen LogP contribution in [0.3, 0.4) is 0 Å². The average molecular weight is 427 g/mol. The fourth-order valence-corrected chi connectivity index (χ4v) is 4.96. The van der Waals surface area contributed by atoms with Gasteiger partial charge in [0.25, 0.3) is 5.56 Å². The van der Waals surface area contributed by atoms with Crippen molar-refractivity contribution < 1.29 is 14.0 Å². The molecule has 1 atom stereocenters. The van der Waals surface area contributed by atoms with Gasteiger partial charge >= 0.3 is 0 Å². The van der Waals surface area contributed by atoms with Crippen LogP contribution in [0, 0.1) is 12.7 Å². The van der Waals surface area contributed by atoms with E-state index in [1.54, 1.807) is 10.6 Å². The molecule has 0 aliphatic carbocycles. The van der Waals surface area contributed by atoms with E-state index in [9.17, 15) is 9.18 Å². The number of aliphatic hydroxyl groups excluding tert-OH is 1. The largest absolute Gasteiger partial charge is 0.385 e. The molecule has 0 radical (unpaired) electrons. The van der Waals surface area contributed by atoms with E-state index in [4.69, 9.17) is 11.1 Å². The van der Waals surface area contributed by atoms with Crippen molar-refractivity contribution in [3.63, 3.8) is 0 Å². The molecule has 0 spiro atoms. The number of aliphatic hydroxyl groups is 1. The number of aryl methyl sites for hydroxylation is 1. The number of rotatable bonds is 5. The van der Waals surface area contributed by atoms with Crippen molar-refractivity contribution in [3.8, 4) is 0 Å². The molecule has 2 aliphatic rings. The maximum atomic E-state index is 13.4. The number of fused-ring (bicyclic) bond motifs is 2. The predicted octanol–water partition coefficient (Wildman–Crippen LogP) is 3.08. The highest BCUT2D eigenvalue weighted by Gasteiger charge is 2.26. The molecule has 5 rings (SSSR count). The number of aromatic nitrogens is 3. The minimum atomic E-state index is -0.424. The minimum Gasteiger partial charge on any atom is -0.385 e. The Hall–Kier alpha value is -2.58. The Bertz CT molecular complexity index is 1190. The van der Waals surface area contributed by atoms with E-state index >= 15 is 0 Å². The van der Waals surface area contributed by atoms with Gasteiger partial charge in [0.15, 0.2) is 5.58 Å². The summed E-state index contributed by atoms with van der Waals surface area (Å²) in [7, 11) is 0. The Balaban J connectivity index is 1.24. The van der Waals surface area contributed by atoms with Crippen LogP contribution in [-0.4, -0.2) is 45.8 Å². The third kappa shape index (κ3) is 3.78. The first-order valence-corrected chi connectivity index (χ1v) is 11.0. The Morgan fingerprint density at radius 1 is 1.29 bits per heavy atom. The van der Waals surface area contributed by atoms with Crippen LogP contribution in [0.1, 0.15) is 60.5 Å². The molecule has 31 heavy (non-hydrogen) atoms. The number of halogens is 1. The van der Waals surface area contributed by atoms with Gasteiger partial charge in [0.2, 0.25) is 1.43 Å². The standard InChI is InChI=1S/C23H27FN4O3/c1-14-17(23(30)28-9-2-3-19(29)22(28)25-14)8-12-27-10-6-15(7-11-27)21-18-5-4-16(24)13-20(18)31-26-21/h4-5,13,15,19,29H,2-3,6-12H2,1H3/i29D. The molecule has 164 valence electrons. The monoisotopic (exact) mass is 427 g/mol. The maximum Gasteiger partial charge on any atom is 0.257 e. The topological polar surface area (TPSA) is 84.4 Å². The minimum absolute atomic E-state index is 0.00503. The van der Waals surface area contributed by atoms with Crippen molar-refractivity contribution in [3.05, 3.63) is 57.1 Å². The van der Waals surface area contributed by atoms with E-state index in [0.717, 1.165) is 67.7 Å². The highest BCUT2D eigenvalue weighted by molar-refractivity contribution is 5.79. The summed E-state index contributed by atoms with van der Waals surface area (Å²) in [4.78, 5) is 20.1. The summed E-state index contributed by atoms with van der Waals surface area (Å²) in [6.07, 6.45) is 3.66. The van der Waals surface area contributed by atoms with Crippen molar-refractivity contribution >= 4 is 11.0 Å². The van der Waals surface area contributed by atoms with Gasteiger partial charge in [-0.3, -0.25) is 9.36 Å². The number of hydrogen-bond acceptors (Lipinski definition) is 6. The van der Waals surface area contributed by atoms with E-state index in [-0.39, 0.29) is 17.3 Å². The van der Waals surface area contributed by atoms with Gasteiger partial charge < -0.3 is 14.5 Å². The Morgan fingerprint density at radius 2 is 2.13 bits per heavy atom. The van der Waals surface area contributed by atoms with Crippen LogP contribution in [0.25, 0.3) is 11.0 Å². The molecule has 8 heteroatoms. The third-order valence-corrected chi connectivity index (χ3v) is 6.75. The van der Waals surface area contributed by atoms with Crippen LogP contribution in [0.5, 0.6) is 0 Å². The molecule has 0 saturated carbocycles. The lowest BCUT2D eigenvalue weighted by atomic mass is 9.91. The van der Waals surface area contributed by atoms with Crippen LogP contribution in [-0.2, 0) is 13.0 Å². The molecular weight excluding hydrogens is 399 g/mol. The summed E-state index contributed by atoms with van der Waals surface area (Å²) >= 11 is 0. The lowest BCUT2D eigenvalue weighted by Gasteiger charge is -2.31. The molecule has 1 saturated heterocycles. The highest BCUT2D eigenvalue weighted by Crippen LogP contribution is 2.32. The Labute approximate surface area is 181 Å². The van der Waals surface area contributed by atoms with Crippen LogP contribution in [0.4, 0.5) is 4.39 Å². The fourth-order valence-electron chi connectivity index (χ4n) is 4.96. The molecule has 1 N–H and O–H groups in total. The van der Waals surface area contributed by atoms with Gasteiger partial charge in [-0.25, -0.2) is 9.37 Å². The van der Waals surface area contributed by atoms with E-state index in [0.29, 0.717) is 24.4 Å². The van der Waals surface area contributed by atoms with E-state index < -0.39 is 6.10 Å². The number of nitrogens with zero attached hydrogens (tertiary/aromatic N) is 4. The quantitative estimate of drug-likeness (QED) is 0.674. The van der Waals surface area contributed by atoms with Crippen molar-refractivity contribution in [2.75, 3.05) is 19.6 Å². The fraction of sp³-hybridized carbons (Fsp3) is 0.522. The van der Waals surface area contributed by atoms with Gasteiger partial charge in [-0.2, -0.15) is 0 Å². The molecule has 3 aromatic rings. The SMILES string of the molecule is [2H]OC1CCCn2c1nc(C)c(CCN1CCC(c3noc4cc(F)ccc34)CC1)c2=O. The van der Waals surface area contributed by atoms with Gasteiger partial charge in [-0.15, -0.1) is 0 Å². The molecule has 4 heterocycles. The maximum absolute atomic E-state index is 13.4. The zero-order valence-electron chi connectivity index (χ0n) is 18.6. The second-order valence-corrected chi connectivity index (χ2v) is 8.70. The number of benzene rings is 1. The molecule has 2 aliphatic heterocycles. The van der Waals surface area contributed by atoms with Gasteiger partial charge in [-0.05, 0) is 64.3 Å². The summed E-state index contributed by atoms with van der Waals surface area (Å²) in [5.74, 6) is 0.552. The zero-order chi connectivity index (χ0) is 22.2. The normalized spacial score (nSPS) is 20.7. The second-order valence-electron chi connectivity index (χ2n) is 8.70. The molecule has 1 fully saturated rings. The third-order valence-electron chi connectivity index (χ3n) is 6.75. The Morgan fingerprint density at radius 3 is 2.94 bits per heavy atom.